The fourth-order valence-electron chi connectivity index (χ4n) is 2.23. The van der Waals surface area contributed by atoms with Crippen molar-refractivity contribution in [3.05, 3.63) is 29.6 Å². The number of halogens is 1. The molecule has 1 aromatic carbocycles. The van der Waals surface area contributed by atoms with E-state index in [0.717, 1.165) is 25.2 Å². The van der Waals surface area contributed by atoms with Crippen molar-refractivity contribution in [3.63, 3.8) is 0 Å². The Balaban J connectivity index is 2.20. The van der Waals surface area contributed by atoms with Gasteiger partial charge in [0, 0.05) is 30.9 Å². The molecular formula is C13H19FN2. The van der Waals surface area contributed by atoms with Crippen LogP contribution in [-0.4, -0.2) is 13.1 Å². The van der Waals surface area contributed by atoms with Gasteiger partial charge in [0.05, 0.1) is 0 Å². The van der Waals surface area contributed by atoms with Crippen molar-refractivity contribution in [3.8, 4) is 0 Å². The summed E-state index contributed by atoms with van der Waals surface area (Å²) < 4.78 is 13.6. The first kappa shape index (κ1) is 11.4. The number of nitrogens with zero attached hydrogens (tertiary/aromatic N) is 1. The van der Waals surface area contributed by atoms with Gasteiger partial charge in [-0.2, -0.15) is 0 Å². The zero-order valence-corrected chi connectivity index (χ0v) is 9.96. The molecule has 1 saturated heterocycles. The van der Waals surface area contributed by atoms with Gasteiger partial charge < -0.3 is 10.6 Å². The number of anilines is 1. The van der Waals surface area contributed by atoms with Gasteiger partial charge in [-0.25, -0.2) is 4.39 Å². The van der Waals surface area contributed by atoms with Crippen LogP contribution in [0.4, 0.5) is 10.1 Å². The summed E-state index contributed by atoms with van der Waals surface area (Å²) in [5.74, 6) is -0.190. The number of rotatable bonds is 2. The molecule has 1 aliphatic heterocycles. The minimum absolute atomic E-state index is 0.190. The van der Waals surface area contributed by atoms with Crippen LogP contribution in [0.1, 0.15) is 25.8 Å². The first-order valence-corrected chi connectivity index (χ1v) is 5.75. The van der Waals surface area contributed by atoms with Crippen LogP contribution in [0.15, 0.2) is 18.2 Å². The Labute approximate surface area is 96.2 Å². The van der Waals surface area contributed by atoms with Gasteiger partial charge >= 0.3 is 0 Å². The van der Waals surface area contributed by atoms with Gasteiger partial charge in [0.15, 0.2) is 0 Å². The fourth-order valence-corrected chi connectivity index (χ4v) is 2.23. The van der Waals surface area contributed by atoms with Gasteiger partial charge in [-0.05, 0) is 24.0 Å². The van der Waals surface area contributed by atoms with Crippen molar-refractivity contribution in [2.75, 3.05) is 18.0 Å². The molecule has 0 aliphatic carbocycles. The SMILES string of the molecule is CC1(C)CCN(c2ccc(CN)c(F)c2)C1. The van der Waals surface area contributed by atoms with E-state index in [0.29, 0.717) is 11.0 Å². The van der Waals surface area contributed by atoms with Gasteiger partial charge in [0.25, 0.3) is 0 Å². The summed E-state index contributed by atoms with van der Waals surface area (Å²) in [6.07, 6.45) is 1.16. The van der Waals surface area contributed by atoms with E-state index in [1.165, 1.54) is 0 Å². The van der Waals surface area contributed by atoms with Gasteiger partial charge in [-0.3, -0.25) is 0 Å². The second kappa shape index (κ2) is 4.06. The minimum Gasteiger partial charge on any atom is -0.371 e. The Morgan fingerprint density at radius 1 is 1.44 bits per heavy atom. The third-order valence-corrected chi connectivity index (χ3v) is 3.30. The molecule has 2 rings (SSSR count). The van der Waals surface area contributed by atoms with Crippen molar-refractivity contribution in [2.45, 2.75) is 26.8 Å². The summed E-state index contributed by atoms with van der Waals surface area (Å²) in [6, 6.07) is 5.35. The molecule has 0 amide bonds. The van der Waals surface area contributed by atoms with Gasteiger partial charge in [0.2, 0.25) is 0 Å². The van der Waals surface area contributed by atoms with Crippen molar-refractivity contribution >= 4 is 5.69 Å². The maximum atomic E-state index is 13.6. The van der Waals surface area contributed by atoms with Crippen LogP contribution in [0.25, 0.3) is 0 Å². The molecule has 1 fully saturated rings. The molecule has 2 N–H and O–H groups in total. The van der Waals surface area contributed by atoms with E-state index in [1.54, 1.807) is 12.1 Å². The number of nitrogens with two attached hydrogens (primary N) is 1. The lowest BCUT2D eigenvalue weighted by Gasteiger charge is -2.22. The van der Waals surface area contributed by atoms with Crippen molar-refractivity contribution in [1.82, 2.24) is 0 Å². The molecule has 0 saturated carbocycles. The lowest BCUT2D eigenvalue weighted by molar-refractivity contribution is 0.418. The lowest BCUT2D eigenvalue weighted by atomic mass is 9.93. The van der Waals surface area contributed by atoms with E-state index >= 15 is 0 Å². The quantitative estimate of drug-likeness (QED) is 0.833. The van der Waals surface area contributed by atoms with E-state index in [2.05, 4.69) is 18.7 Å². The number of benzene rings is 1. The molecule has 1 aromatic rings. The molecule has 0 aromatic heterocycles. The Kier molecular flexibility index (Phi) is 2.89. The molecule has 16 heavy (non-hydrogen) atoms. The highest BCUT2D eigenvalue weighted by Gasteiger charge is 2.29. The smallest absolute Gasteiger partial charge is 0.129 e. The summed E-state index contributed by atoms with van der Waals surface area (Å²) in [4.78, 5) is 2.24. The maximum Gasteiger partial charge on any atom is 0.129 e. The highest BCUT2D eigenvalue weighted by atomic mass is 19.1. The third kappa shape index (κ3) is 2.19. The van der Waals surface area contributed by atoms with Crippen LogP contribution in [0, 0.1) is 11.2 Å². The molecule has 0 radical (unpaired) electrons. The molecule has 88 valence electrons. The van der Waals surface area contributed by atoms with E-state index in [9.17, 15) is 4.39 Å². The van der Waals surface area contributed by atoms with E-state index < -0.39 is 0 Å². The van der Waals surface area contributed by atoms with Crippen molar-refractivity contribution in [2.24, 2.45) is 11.1 Å². The Morgan fingerprint density at radius 3 is 2.69 bits per heavy atom. The molecule has 0 bridgehead atoms. The third-order valence-electron chi connectivity index (χ3n) is 3.30. The van der Waals surface area contributed by atoms with Gasteiger partial charge in [-0.1, -0.05) is 19.9 Å². The molecule has 3 heteroatoms. The molecule has 1 heterocycles. The minimum atomic E-state index is -0.190. The molecule has 1 aliphatic rings. The lowest BCUT2D eigenvalue weighted by Crippen LogP contribution is -2.22. The number of hydrogen-bond donors (Lipinski definition) is 1. The Morgan fingerprint density at radius 2 is 2.19 bits per heavy atom. The summed E-state index contributed by atoms with van der Waals surface area (Å²) in [5.41, 5.74) is 7.34. The van der Waals surface area contributed by atoms with E-state index in [-0.39, 0.29) is 12.4 Å². The summed E-state index contributed by atoms with van der Waals surface area (Å²) in [7, 11) is 0. The monoisotopic (exact) mass is 222 g/mol. The van der Waals surface area contributed by atoms with Gasteiger partial charge in [0.1, 0.15) is 5.82 Å². The molecule has 0 unspecified atom stereocenters. The summed E-state index contributed by atoms with van der Waals surface area (Å²) in [5, 5.41) is 0. The van der Waals surface area contributed by atoms with Crippen LogP contribution in [0.5, 0.6) is 0 Å². The maximum absolute atomic E-state index is 13.6. The predicted octanol–water partition coefficient (Wildman–Crippen LogP) is 2.52. The Hall–Kier alpha value is -1.09. The number of hydrogen-bond acceptors (Lipinski definition) is 2. The van der Waals surface area contributed by atoms with Gasteiger partial charge in [-0.15, -0.1) is 0 Å². The normalized spacial score (nSPS) is 19.1. The molecule has 2 nitrogen and oxygen atoms in total. The predicted molar refractivity (Wildman–Crippen MR) is 64.9 cm³/mol. The van der Waals surface area contributed by atoms with E-state index in [1.807, 2.05) is 6.07 Å². The molecular weight excluding hydrogens is 203 g/mol. The van der Waals surface area contributed by atoms with Crippen molar-refractivity contribution < 1.29 is 4.39 Å². The van der Waals surface area contributed by atoms with Crippen LogP contribution in [0.3, 0.4) is 0 Å². The average molecular weight is 222 g/mol. The summed E-state index contributed by atoms with van der Waals surface area (Å²) in [6.45, 7) is 6.76. The highest BCUT2D eigenvalue weighted by molar-refractivity contribution is 5.49. The van der Waals surface area contributed by atoms with Crippen LogP contribution in [0.2, 0.25) is 0 Å². The van der Waals surface area contributed by atoms with Crippen LogP contribution >= 0.6 is 0 Å². The average Bonchev–Trinajstić information content (AvgIpc) is 2.59. The van der Waals surface area contributed by atoms with Crippen LogP contribution < -0.4 is 10.6 Å². The fraction of sp³-hybridized carbons (Fsp3) is 0.538. The molecule has 0 spiro atoms. The second-order valence-corrected chi connectivity index (χ2v) is 5.32. The van der Waals surface area contributed by atoms with Crippen LogP contribution in [-0.2, 0) is 6.54 Å². The zero-order valence-electron chi connectivity index (χ0n) is 9.96. The summed E-state index contributed by atoms with van der Waals surface area (Å²) >= 11 is 0. The van der Waals surface area contributed by atoms with E-state index in [4.69, 9.17) is 5.73 Å². The van der Waals surface area contributed by atoms with Crippen molar-refractivity contribution in [1.29, 1.82) is 0 Å². The molecule has 0 atom stereocenters. The zero-order chi connectivity index (χ0) is 11.8. The second-order valence-electron chi connectivity index (χ2n) is 5.32. The first-order chi connectivity index (χ1) is 7.52. The Bertz CT molecular complexity index is 388. The largest absolute Gasteiger partial charge is 0.371 e. The standard InChI is InChI=1S/C13H19FN2/c1-13(2)5-6-16(9-13)11-4-3-10(8-15)12(14)7-11/h3-4,7H,5-6,8-9,15H2,1-2H3. The first-order valence-electron chi connectivity index (χ1n) is 5.75. The topological polar surface area (TPSA) is 29.3 Å². The highest BCUT2D eigenvalue weighted by Crippen LogP contribution is 2.32.